The molecule has 0 aromatic heterocycles. The van der Waals surface area contributed by atoms with Crippen LogP contribution in [-0.2, 0) is 4.79 Å². The molecule has 0 spiro atoms. The maximum absolute atomic E-state index is 12.5. The maximum Gasteiger partial charge on any atom is 0.277 e. The van der Waals surface area contributed by atoms with E-state index in [1.54, 1.807) is 18.1 Å². The molecule has 0 bridgehead atoms. The van der Waals surface area contributed by atoms with Crippen molar-refractivity contribution in [3.63, 3.8) is 0 Å². The lowest BCUT2D eigenvalue weighted by atomic mass is 10.2. The number of rotatable bonds is 5. The summed E-state index contributed by atoms with van der Waals surface area (Å²) in [7, 11) is 3.61. The minimum atomic E-state index is -0.249. The van der Waals surface area contributed by atoms with Crippen LogP contribution in [0.2, 0.25) is 0 Å². The Morgan fingerprint density at radius 2 is 2.04 bits per heavy atom. The van der Waals surface area contributed by atoms with Crippen LogP contribution in [0.3, 0.4) is 0 Å². The summed E-state index contributed by atoms with van der Waals surface area (Å²) in [6.07, 6.45) is 0. The van der Waals surface area contributed by atoms with Gasteiger partial charge in [-0.3, -0.25) is 10.2 Å². The lowest BCUT2D eigenvalue weighted by Crippen LogP contribution is -2.51. The molecule has 1 aliphatic heterocycles. The number of ether oxygens (including phenoxy) is 1. The molecule has 0 radical (unpaired) electrons. The fourth-order valence-corrected chi connectivity index (χ4v) is 2.31. The third-order valence-electron chi connectivity index (χ3n) is 3.59. The van der Waals surface area contributed by atoms with Gasteiger partial charge in [-0.05, 0) is 19.2 Å². The number of thiocarbonyl (C=S) groups is 1. The number of nitrogens with two attached hydrogens (primary N) is 1. The molecule has 0 atom stereocenters. The Hall–Kier alpha value is -2.19. The van der Waals surface area contributed by atoms with E-state index in [0.717, 1.165) is 13.1 Å². The summed E-state index contributed by atoms with van der Waals surface area (Å²) < 4.78 is 5.14. The lowest BCUT2D eigenvalue weighted by Gasteiger charge is -2.32. The average molecular weight is 335 g/mol. The summed E-state index contributed by atoms with van der Waals surface area (Å²) in [5, 5.41) is 4.10. The van der Waals surface area contributed by atoms with Crippen LogP contribution in [-0.4, -0.2) is 66.7 Å². The third kappa shape index (κ3) is 4.64. The van der Waals surface area contributed by atoms with Gasteiger partial charge in [0.1, 0.15) is 10.7 Å². The first-order chi connectivity index (χ1) is 11.0. The van der Waals surface area contributed by atoms with Crippen molar-refractivity contribution >= 4 is 34.5 Å². The van der Waals surface area contributed by atoms with Crippen LogP contribution in [0.4, 0.5) is 5.69 Å². The van der Waals surface area contributed by atoms with E-state index < -0.39 is 0 Å². The number of piperazine rings is 1. The van der Waals surface area contributed by atoms with Crippen molar-refractivity contribution in [3.8, 4) is 5.75 Å². The number of nitrogens with one attached hydrogen (secondary N) is 1. The first kappa shape index (κ1) is 17.2. The van der Waals surface area contributed by atoms with Gasteiger partial charge in [0.25, 0.3) is 5.91 Å². The van der Waals surface area contributed by atoms with Crippen molar-refractivity contribution in [1.29, 1.82) is 0 Å². The van der Waals surface area contributed by atoms with Crippen molar-refractivity contribution in [1.82, 2.24) is 9.80 Å². The van der Waals surface area contributed by atoms with E-state index in [0.29, 0.717) is 24.5 Å². The number of anilines is 1. The number of amides is 1. The fraction of sp³-hybridized carbons (Fsp3) is 0.400. The number of benzene rings is 1. The summed E-state index contributed by atoms with van der Waals surface area (Å²) in [4.78, 5) is 16.4. The summed E-state index contributed by atoms with van der Waals surface area (Å²) in [6.45, 7) is 2.91. The van der Waals surface area contributed by atoms with Crippen LogP contribution in [0.25, 0.3) is 0 Å². The Morgan fingerprint density at radius 3 is 2.65 bits per heavy atom. The van der Waals surface area contributed by atoms with Crippen molar-refractivity contribution in [2.24, 2.45) is 10.8 Å². The molecule has 7 nitrogen and oxygen atoms in total. The van der Waals surface area contributed by atoms with Crippen LogP contribution in [0.1, 0.15) is 0 Å². The molecule has 1 amide bonds. The van der Waals surface area contributed by atoms with E-state index >= 15 is 0 Å². The highest BCUT2D eigenvalue weighted by atomic mass is 32.1. The summed E-state index contributed by atoms with van der Waals surface area (Å²) in [5.41, 5.74) is 9.23. The Bertz CT molecular complexity index is 612. The maximum atomic E-state index is 12.5. The number of hydrogen-bond acceptors (Lipinski definition) is 6. The predicted octanol–water partition coefficient (Wildman–Crippen LogP) is 0.523. The third-order valence-corrected chi connectivity index (χ3v) is 3.79. The number of nitrogens with zero attached hydrogens (tertiary/aromatic N) is 3. The Kier molecular flexibility index (Phi) is 5.89. The van der Waals surface area contributed by atoms with Gasteiger partial charge in [-0.25, -0.2) is 0 Å². The van der Waals surface area contributed by atoms with Crippen molar-refractivity contribution in [3.05, 3.63) is 24.3 Å². The molecule has 1 saturated heterocycles. The van der Waals surface area contributed by atoms with Gasteiger partial charge in [-0.1, -0.05) is 18.3 Å². The van der Waals surface area contributed by atoms with Gasteiger partial charge in [-0.2, -0.15) is 5.10 Å². The average Bonchev–Trinajstić information content (AvgIpc) is 2.55. The van der Waals surface area contributed by atoms with E-state index in [4.69, 9.17) is 22.7 Å². The van der Waals surface area contributed by atoms with Gasteiger partial charge in [0.15, 0.2) is 5.71 Å². The topological polar surface area (TPSA) is 83.2 Å². The van der Waals surface area contributed by atoms with Crippen LogP contribution in [0.5, 0.6) is 5.75 Å². The largest absolute Gasteiger partial charge is 0.497 e. The SMILES string of the molecule is COc1cccc(N/N=C(\C(=O)N2CCN(C)CC2)C(N)=S)c1. The zero-order valence-electron chi connectivity index (χ0n) is 13.3. The molecule has 1 heterocycles. The van der Waals surface area contributed by atoms with Gasteiger partial charge in [-0.15, -0.1) is 0 Å². The van der Waals surface area contributed by atoms with Gasteiger partial charge >= 0.3 is 0 Å². The standard InChI is InChI=1S/C15H21N5O2S/c1-19-6-8-20(9-7-19)15(21)13(14(16)23)18-17-11-4-3-5-12(10-11)22-2/h3-5,10,17H,6-9H2,1-2H3,(H2,16,23)/b18-13-. The molecule has 124 valence electrons. The number of carbonyl (C=O) groups is 1. The van der Waals surface area contributed by atoms with Crippen molar-refractivity contribution < 1.29 is 9.53 Å². The molecular weight excluding hydrogens is 314 g/mol. The number of hydrogen-bond donors (Lipinski definition) is 2. The Morgan fingerprint density at radius 1 is 1.35 bits per heavy atom. The molecule has 0 aliphatic carbocycles. The highest BCUT2D eigenvalue weighted by molar-refractivity contribution is 7.82. The first-order valence-corrected chi connectivity index (χ1v) is 7.67. The molecule has 2 rings (SSSR count). The first-order valence-electron chi connectivity index (χ1n) is 7.26. The van der Waals surface area contributed by atoms with E-state index in [9.17, 15) is 4.79 Å². The smallest absolute Gasteiger partial charge is 0.277 e. The van der Waals surface area contributed by atoms with Crippen LogP contribution in [0, 0.1) is 0 Å². The van der Waals surface area contributed by atoms with Crippen LogP contribution in [0.15, 0.2) is 29.4 Å². The van der Waals surface area contributed by atoms with E-state index in [-0.39, 0.29) is 16.6 Å². The molecular formula is C15H21N5O2S. The van der Waals surface area contributed by atoms with E-state index in [1.807, 2.05) is 25.2 Å². The van der Waals surface area contributed by atoms with Gasteiger partial charge in [0.05, 0.1) is 12.8 Å². The molecule has 23 heavy (non-hydrogen) atoms. The van der Waals surface area contributed by atoms with E-state index in [2.05, 4.69) is 15.4 Å². The van der Waals surface area contributed by atoms with Crippen LogP contribution < -0.4 is 15.9 Å². The second-order valence-electron chi connectivity index (χ2n) is 5.26. The Balaban J connectivity index is 2.10. The molecule has 0 saturated carbocycles. The number of carbonyl (C=O) groups excluding carboxylic acids is 1. The summed E-state index contributed by atoms with van der Waals surface area (Å²) >= 11 is 4.97. The number of likely N-dealkylation sites (N-methyl/N-ethyl adjacent to an activating group) is 1. The van der Waals surface area contributed by atoms with E-state index in [1.165, 1.54) is 0 Å². The minimum absolute atomic E-state index is 0.0238. The highest BCUT2D eigenvalue weighted by Gasteiger charge is 2.25. The Labute approximate surface area is 141 Å². The minimum Gasteiger partial charge on any atom is -0.497 e. The predicted molar refractivity (Wildman–Crippen MR) is 94.9 cm³/mol. The van der Waals surface area contributed by atoms with Gasteiger partial charge < -0.3 is 20.3 Å². The number of methoxy groups -OCH3 is 1. The molecule has 1 aromatic carbocycles. The van der Waals surface area contributed by atoms with Crippen molar-refractivity contribution in [2.75, 3.05) is 45.8 Å². The van der Waals surface area contributed by atoms with Crippen molar-refractivity contribution in [2.45, 2.75) is 0 Å². The van der Waals surface area contributed by atoms with Crippen LogP contribution >= 0.6 is 12.2 Å². The second-order valence-corrected chi connectivity index (χ2v) is 5.70. The highest BCUT2D eigenvalue weighted by Crippen LogP contribution is 2.16. The normalized spacial score (nSPS) is 16.1. The second kappa shape index (κ2) is 7.89. The number of hydrazone groups is 1. The molecule has 1 aliphatic rings. The zero-order valence-corrected chi connectivity index (χ0v) is 14.1. The monoisotopic (exact) mass is 335 g/mol. The lowest BCUT2D eigenvalue weighted by molar-refractivity contribution is -0.125. The van der Waals surface area contributed by atoms with Gasteiger partial charge in [0, 0.05) is 32.2 Å². The summed E-state index contributed by atoms with van der Waals surface area (Å²) in [5.74, 6) is 0.438. The molecule has 1 aromatic rings. The fourth-order valence-electron chi connectivity index (χ4n) is 2.18. The summed E-state index contributed by atoms with van der Waals surface area (Å²) in [6, 6.07) is 7.21. The van der Waals surface area contributed by atoms with Gasteiger partial charge in [0.2, 0.25) is 0 Å². The zero-order chi connectivity index (χ0) is 16.8. The molecule has 0 unspecified atom stereocenters. The molecule has 8 heteroatoms. The molecule has 3 N–H and O–H groups in total. The quantitative estimate of drug-likeness (QED) is 0.464. The molecule has 1 fully saturated rings.